The summed E-state index contributed by atoms with van der Waals surface area (Å²) in [6.45, 7) is 3.34. The van der Waals surface area contributed by atoms with Crippen molar-refractivity contribution in [1.29, 1.82) is 0 Å². The molecule has 0 aliphatic carbocycles. The number of carbonyl (C=O) groups is 2. The van der Waals surface area contributed by atoms with E-state index in [-0.39, 0.29) is 18.2 Å². The maximum atomic E-state index is 12.8. The first-order chi connectivity index (χ1) is 13.3. The van der Waals surface area contributed by atoms with Gasteiger partial charge >= 0.3 is 5.97 Å². The van der Waals surface area contributed by atoms with Gasteiger partial charge in [-0.25, -0.2) is 9.78 Å². The maximum absolute atomic E-state index is 12.8. The summed E-state index contributed by atoms with van der Waals surface area (Å²) in [6, 6.07) is 4.67. The van der Waals surface area contributed by atoms with Crippen molar-refractivity contribution in [1.82, 2.24) is 9.55 Å². The first kappa shape index (κ1) is 20.3. The van der Waals surface area contributed by atoms with Gasteiger partial charge in [0, 0.05) is 5.02 Å². The number of carbonyl (C=O) groups excluding carboxylic acids is 2. The number of ether oxygens (including phenoxy) is 1. The van der Waals surface area contributed by atoms with Crippen molar-refractivity contribution in [3.05, 3.63) is 55.4 Å². The Morgan fingerprint density at radius 1 is 1.32 bits per heavy atom. The van der Waals surface area contributed by atoms with Gasteiger partial charge in [0.05, 0.1) is 29.0 Å². The lowest BCUT2D eigenvalue weighted by molar-refractivity contribution is -0.116. The van der Waals surface area contributed by atoms with Crippen LogP contribution in [0.5, 0.6) is 0 Å². The smallest absolute Gasteiger partial charge is 0.348 e. The summed E-state index contributed by atoms with van der Waals surface area (Å²) in [5.74, 6) is -0.949. The average Bonchev–Trinajstić information content (AvgIpc) is 2.97. The van der Waals surface area contributed by atoms with Gasteiger partial charge in [0.1, 0.15) is 16.3 Å². The molecule has 0 bridgehead atoms. The Bertz CT molecular complexity index is 1140. The summed E-state index contributed by atoms with van der Waals surface area (Å²) < 4.78 is 6.18. The topological polar surface area (TPSA) is 90.3 Å². The first-order valence-corrected chi connectivity index (χ1v) is 9.79. The lowest BCUT2D eigenvalue weighted by Gasteiger charge is -2.09. The van der Waals surface area contributed by atoms with Gasteiger partial charge in [-0.2, -0.15) is 0 Å². The zero-order chi connectivity index (χ0) is 20.4. The van der Waals surface area contributed by atoms with Gasteiger partial charge in [-0.05, 0) is 37.6 Å². The van der Waals surface area contributed by atoms with Crippen LogP contribution in [-0.2, 0) is 16.1 Å². The molecule has 1 amide bonds. The van der Waals surface area contributed by atoms with E-state index in [2.05, 4.69) is 10.3 Å². The number of nitrogens with zero attached hydrogens (tertiary/aromatic N) is 2. The van der Waals surface area contributed by atoms with E-state index in [9.17, 15) is 14.4 Å². The van der Waals surface area contributed by atoms with E-state index in [0.717, 1.165) is 11.3 Å². The minimum Gasteiger partial charge on any atom is -0.462 e. The van der Waals surface area contributed by atoms with Crippen molar-refractivity contribution in [3.8, 4) is 0 Å². The van der Waals surface area contributed by atoms with E-state index in [4.69, 9.17) is 27.9 Å². The van der Waals surface area contributed by atoms with Crippen LogP contribution in [0.25, 0.3) is 10.2 Å². The molecule has 3 rings (SSSR count). The largest absolute Gasteiger partial charge is 0.462 e. The molecule has 3 aromatic rings. The quantitative estimate of drug-likeness (QED) is 0.608. The second-order valence-corrected chi connectivity index (χ2v) is 7.65. The molecule has 0 saturated heterocycles. The highest BCUT2D eigenvalue weighted by Gasteiger charge is 2.21. The van der Waals surface area contributed by atoms with Gasteiger partial charge in [0.2, 0.25) is 5.91 Å². The molecule has 146 valence electrons. The van der Waals surface area contributed by atoms with Crippen molar-refractivity contribution in [2.24, 2.45) is 0 Å². The van der Waals surface area contributed by atoms with E-state index in [1.807, 2.05) is 0 Å². The molecular formula is C18H15Cl2N3O4S. The van der Waals surface area contributed by atoms with Crippen LogP contribution in [0.15, 0.2) is 29.3 Å². The summed E-state index contributed by atoms with van der Waals surface area (Å²) in [5, 5.41) is 3.66. The van der Waals surface area contributed by atoms with Crippen molar-refractivity contribution in [2.45, 2.75) is 20.4 Å². The number of thiophene rings is 1. The molecule has 10 heteroatoms. The van der Waals surface area contributed by atoms with Crippen molar-refractivity contribution < 1.29 is 14.3 Å². The zero-order valence-corrected chi connectivity index (χ0v) is 17.2. The number of aromatic nitrogens is 2. The van der Waals surface area contributed by atoms with Crippen LogP contribution >= 0.6 is 34.5 Å². The van der Waals surface area contributed by atoms with Crippen molar-refractivity contribution in [2.75, 3.05) is 11.9 Å². The van der Waals surface area contributed by atoms with E-state index in [1.54, 1.807) is 26.0 Å². The number of amides is 1. The summed E-state index contributed by atoms with van der Waals surface area (Å²) in [5.41, 5.74) is 0.465. The zero-order valence-electron chi connectivity index (χ0n) is 14.9. The molecule has 7 nitrogen and oxygen atoms in total. The highest BCUT2D eigenvalue weighted by Crippen LogP contribution is 2.28. The molecule has 0 fully saturated rings. The Hall–Kier alpha value is -2.42. The minimum atomic E-state index is -0.496. The van der Waals surface area contributed by atoms with Crippen LogP contribution in [-0.4, -0.2) is 28.0 Å². The van der Waals surface area contributed by atoms with E-state index in [1.165, 1.54) is 17.0 Å². The van der Waals surface area contributed by atoms with Gasteiger partial charge in [0.15, 0.2) is 0 Å². The van der Waals surface area contributed by atoms with Gasteiger partial charge < -0.3 is 10.1 Å². The summed E-state index contributed by atoms with van der Waals surface area (Å²) in [7, 11) is 0. The number of aryl methyl sites for hydroxylation is 1. The number of esters is 1. The second-order valence-electron chi connectivity index (χ2n) is 5.81. The fourth-order valence-electron chi connectivity index (χ4n) is 2.60. The van der Waals surface area contributed by atoms with Crippen LogP contribution in [0.3, 0.4) is 0 Å². The molecule has 0 atom stereocenters. The third kappa shape index (κ3) is 4.04. The third-order valence-corrected chi connectivity index (χ3v) is 5.62. The van der Waals surface area contributed by atoms with Crippen LogP contribution in [0.2, 0.25) is 10.0 Å². The fourth-order valence-corrected chi connectivity index (χ4v) is 4.09. The SMILES string of the molecule is CCOC(=O)c1sc2ncn(CC(=O)Nc3ccc(Cl)cc3Cl)c(=O)c2c1C. The number of anilines is 1. The molecule has 2 aromatic heterocycles. The maximum Gasteiger partial charge on any atom is 0.348 e. The molecule has 1 aromatic carbocycles. The molecule has 0 spiro atoms. The van der Waals surface area contributed by atoms with Crippen molar-refractivity contribution >= 4 is 62.3 Å². The Morgan fingerprint density at radius 3 is 2.75 bits per heavy atom. The lowest BCUT2D eigenvalue weighted by atomic mass is 10.2. The van der Waals surface area contributed by atoms with Gasteiger partial charge in [0.25, 0.3) is 5.56 Å². The number of nitrogens with one attached hydrogen (secondary N) is 1. The van der Waals surface area contributed by atoms with Crippen LogP contribution in [0.1, 0.15) is 22.2 Å². The van der Waals surface area contributed by atoms with Crippen LogP contribution in [0.4, 0.5) is 5.69 Å². The number of hydrogen-bond donors (Lipinski definition) is 1. The van der Waals surface area contributed by atoms with Crippen LogP contribution < -0.4 is 10.9 Å². The van der Waals surface area contributed by atoms with E-state index in [0.29, 0.717) is 31.4 Å². The average molecular weight is 440 g/mol. The van der Waals surface area contributed by atoms with E-state index < -0.39 is 17.4 Å². The number of benzene rings is 1. The summed E-state index contributed by atoms with van der Waals surface area (Å²) in [4.78, 5) is 42.1. The minimum absolute atomic E-state index is 0.234. The molecule has 0 aliphatic rings. The number of fused-ring (bicyclic) bond motifs is 1. The fraction of sp³-hybridized carbons (Fsp3) is 0.222. The Labute approximate surface area is 173 Å². The second kappa shape index (κ2) is 8.30. The normalized spacial score (nSPS) is 10.9. The Kier molecular flexibility index (Phi) is 6.02. The Morgan fingerprint density at radius 2 is 2.07 bits per heavy atom. The molecule has 0 radical (unpaired) electrons. The monoisotopic (exact) mass is 439 g/mol. The third-order valence-electron chi connectivity index (χ3n) is 3.90. The molecule has 0 unspecified atom stereocenters. The molecular weight excluding hydrogens is 425 g/mol. The predicted octanol–water partition coefficient (Wildman–Crippen LogP) is 3.89. The predicted molar refractivity (Wildman–Crippen MR) is 110 cm³/mol. The molecule has 0 aliphatic heterocycles. The van der Waals surface area contributed by atoms with Crippen LogP contribution in [0, 0.1) is 6.92 Å². The lowest BCUT2D eigenvalue weighted by Crippen LogP contribution is -2.28. The highest BCUT2D eigenvalue weighted by atomic mass is 35.5. The highest BCUT2D eigenvalue weighted by molar-refractivity contribution is 7.20. The standard InChI is InChI=1S/C18H15Cl2N3O4S/c1-3-27-18(26)15-9(2)14-16(28-15)21-8-23(17(14)25)7-13(24)22-12-5-4-10(19)6-11(12)20/h4-6,8H,3,7H2,1-2H3,(H,22,24). The first-order valence-electron chi connectivity index (χ1n) is 8.22. The summed E-state index contributed by atoms with van der Waals surface area (Å²) in [6.07, 6.45) is 1.28. The van der Waals surface area contributed by atoms with Crippen molar-refractivity contribution in [3.63, 3.8) is 0 Å². The number of rotatable bonds is 5. The van der Waals surface area contributed by atoms with Gasteiger partial charge in [-0.1, -0.05) is 23.2 Å². The molecule has 28 heavy (non-hydrogen) atoms. The molecule has 2 heterocycles. The molecule has 1 N–H and O–H groups in total. The van der Waals surface area contributed by atoms with Gasteiger partial charge in [-0.15, -0.1) is 11.3 Å². The Balaban J connectivity index is 1.88. The number of halogens is 2. The number of hydrogen-bond acceptors (Lipinski definition) is 6. The van der Waals surface area contributed by atoms with E-state index >= 15 is 0 Å². The summed E-state index contributed by atoms with van der Waals surface area (Å²) >= 11 is 13.0. The molecule has 0 saturated carbocycles. The van der Waals surface area contributed by atoms with Gasteiger partial charge in [-0.3, -0.25) is 14.2 Å².